The van der Waals surface area contributed by atoms with Crippen molar-refractivity contribution in [3.05, 3.63) is 40.4 Å². The highest BCUT2D eigenvalue weighted by atomic mass is 32.1. The molecule has 0 atom stereocenters. The van der Waals surface area contributed by atoms with E-state index in [4.69, 9.17) is 18.0 Å². The minimum absolute atomic E-state index is 0.442. The van der Waals surface area contributed by atoms with E-state index < -0.39 is 0 Å². The van der Waals surface area contributed by atoms with Crippen molar-refractivity contribution in [1.82, 2.24) is 4.98 Å². The lowest BCUT2D eigenvalue weighted by atomic mass is 10.2. The largest absolute Gasteiger partial charge is 0.389 e. The van der Waals surface area contributed by atoms with Crippen LogP contribution in [0.4, 0.5) is 0 Å². The molecule has 0 bridgehead atoms. The van der Waals surface area contributed by atoms with Gasteiger partial charge in [-0.15, -0.1) is 11.3 Å². The molecule has 1 aromatic heterocycles. The molecule has 0 radical (unpaired) electrons. The molecule has 4 heteroatoms. The zero-order valence-electron chi connectivity index (χ0n) is 9.86. The van der Waals surface area contributed by atoms with Gasteiger partial charge < -0.3 is 5.73 Å². The Morgan fingerprint density at radius 1 is 1.35 bits per heavy atom. The van der Waals surface area contributed by atoms with Gasteiger partial charge in [0.05, 0.1) is 10.6 Å². The summed E-state index contributed by atoms with van der Waals surface area (Å²) in [4.78, 5) is 5.99. The van der Waals surface area contributed by atoms with Crippen LogP contribution in [-0.2, 0) is 6.42 Å². The van der Waals surface area contributed by atoms with Crippen molar-refractivity contribution in [2.75, 3.05) is 0 Å². The Labute approximate surface area is 111 Å². The van der Waals surface area contributed by atoms with E-state index in [0.717, 1.165) is 27.6 Å². The van der Waals surface area contributed by atoms with E-state index in [0.29, 0.717) is 4.99 Å². The first-order chi connectivity index (χ1) is 8.11. The van der Waals surface area contributed by atoms with Crippen LogP contribution in [0.1, 0.15) is 23.1 Å². The van der Waals surface area contributed by atoms with Gasteiger partial charge in [-0.05, 0) is 13.3 Å². The molecule has 0 aliphatic carbocycles. The van der Waals surface area contributed by atoms with Gasteiger partial charge in [0.25, 0.3) is 0 Å². The normalized spacial score (nSPS) is 10.5. The van der Waals surface area contributed by atoms with E-state index >= 15 is 0 Å². The number of rotatable bonds is 3. The molecule has 0 unspecified atom stereocenters. The van der Waals surface area contributed by atoms with Crippen LogP contribution in [0.15, 0.2) is 24.3 Å². The van der Waals surface area contributed by atoms with Gasteiger partial charge in [-0.1, -0.05) is 49.0 Å². The minimum atomic E-state index is 0.442. The van der Waals surface area contributed by atoms with Gasteiger partial charge in [0.1, 0.15) is 10.00 Å². The Bertz CT molecular complexity index is 541. The SMILES string of the molecule is CCc1nc(-c2ccc(C)cc2)sc1C(N)=S. The van der Waals surface area contributed by atoms with Crippen LogP contribution in [0, 0.1) is 6.92 Å². The molecule has 0 amide bonds. The quantitative estimate of drug-likeness (QED) is 0.862. The fourth-order valence-corrected chi connectivity index (χ4v) is 2.86. The van der Waals surface area contributed by atoms with Crippen LogP contribution in [-0.4, -0.2) is 9.97 Å². The number of thiazole rings is 1. The summed E-state index contributed by atoms with van der Waals surface area (Å²) in [5, 5.41) is 0.990. The summed E-state index contributed by atoms with van der Waals surface area (Å²) < 4.78 is 0. The molecule has 2 rings (SSSR count). The van der Waals surface area contributed by atoms with E-state index in [1.165, 1.54) is 5.56 Å². The molecule has 0 aliphatic rings. The van der Waals surface area contributed by atoms with Crippen LogP contribution < -0.4 is 5.73 Å². The summed E-state index contributed by atoms with van der Waals surface area (Å²) in [7, 11) is 0. The molecular formula is C13H14N2S2. The first kappa shape index (κ1) is 12.2. The lowest BCUT2D eigenvalue weighted by Gasteiger charge is -1.96. The second kappa shape index (κ2) is 4.94. The Balaban J connectivity index is 2.46. The molecule has 2 N–H and O–H groups in total. The summed E-state index contributed by atoms with van der Waals surface area (Å²) in [5.41, 5.74) is 9.07. The Morgan fingerprint density at radius 3 is 2.47 bits per heavy atom. The summed E-state index contributed by atoms with van der Waals surface area (Å²) in [6, 6.07) is 8.33. The molecule has 0 saturated carbocycles. The van der Waals surface area contributed by atoms with E-state index in [1.54, 1.807) is 11.3 Å². The fourth-order valence-electron chi connectivity index (χ4n) is 1.60. The van der Waals surface area contributed by atoms with Crippen molar-refractivity contribution in [2.24, 2.45) is 5.73 Å². The summed E-state index contributed by atoms with van der Waals surface area (Å²) in [5.74, 6) is 0. The van der Waals surface area contributed by atoms with Crippen molar-refractivity contribution >= 4 is 28.5 Å². The summed E-state index contributed by atoms with van der Waals surface area (Å²) >= 11 is 6.62. The van der Waals surface area contributed by atoms with E-state index in [2.05, 4.69) is 43.1 Å². The predicted octanol–water partition coefficient (Wildman–Crippen LogP) is 3.32. The van der Waals surface area contributed by atoms with Crippen molar-refractivity contribution in [2.45, 2.75) is 20.3 Å². The van der Waals surface area contributed by atoms with Crippen molar-refractivity contribution in [1.29, 1.82) is 0 Å². The van der Waals surface area contributed by atoms with Crippen LogP contribution in [0.3, 0.4) is 0 Å². The number of benzene rings is 1. The highest BCUT2D eigenvalue weighted by Gasteiger charge is 2.12. The smallest absolute Gasteiger partial charge is 0.124 e. The average molecular weight is 262 g/mol. The number of nitrogens with two attached hydrogens (primary N) is 1. The first-order valence-corrected chi connectivity index (χ1v) is 6.71. The topological polar surface area (TPSA) is 38.9 Å². The molecule has 0 fully saturated rings. The number of nitrogens with zero attached hydrogens (tertiary/aromatic N) is 1. The molecule has 88 valence electrons. The van der Waals surface area contributed by atoms with Gasteiger partial charge in [0, 0.05) is 5.56 Å². The Kier molecular flexibility index (Phi) is 3.54. The monoisotopic (exact) mass is 262 g/mol. The van der Waals surface area contributed by atoms with Crippen molar-refractivity contribution in [3.63, 3.8) is 0 Å². The summed E-state index contributed by atoms with van der Waals surface area (Å²) in [6.07, 6.45) is 0.856. The summed E-state index contributed by atoms with van der Waals surface area (Å²) in [6.45, 7) is 4.14. The number of hydrogen-bond donors (Lipinski definition) is 1. The van der Waals surface area contributed by atoms with E-state index in [-0.39, 0.29) is 0 Å². The van der Waals surface area contributed by atoms with Crippen LogP contribution >= 0.6 is 23.6 Å². The van der Waals surface area contributed by atoms with Gasteiger partial charge in [0.15, 0.2) is 0 Å². The van der Waals surface area contributed by atoms with Crippen LogP contribution in [0.25, 0.3) is 10.6 Å². The standard InChI is InChI=1S/C13H14N2S2/c1-3-10-11(12(14)16)17-13(15-10)9-6-4-8(2)5-7-9/h4-7H,3H2,1-2H3,(H2,14,16). The molecule has 1 heterocycles. The number of hydrogen-bond acceptors (Lipinski definition) is 3. The first-order valence-electron chi connectivity index (χ1n) is 5.48. The maximum atomic E-state index is 5.71. The maximum absolute atomic E-state index is 5.71. The third kappa shape index (κ3) is 2.53. The average Bonchev–Trinajstić information content (AvgIpc) is 2.74. The zero-order valence-corrected chi connectivity index (χ0v) is 11.5. The van der Waals surface area contributed by atoms with E-state index in [1.807, 2.05) is 0 Å². The third-order valence-electron chi connectivity index (χ3n) is 2.55. The van der Waals surface area contributed by atoms with Gasteiger partial charge >= 0.3 is 0 Å². The molecule has 2 nitrogen and oxygen atoms in total. The van der Waals surface area contributed by atoms with Gasteiger partial charge in [-0.25, -0.2) is 4.98 Å². The molecule has 0 saturated heterocycles. The molecule has 17 heavy (non-hydrogen) atoms. The molecule has 0 spiro atoms. The molecule has 2 aromatic rings. The third-order valence-corrected chi connectivity index (χ3v) is 4.07. The highest BCUT2D eigenvalue weighted by molar-refractivity contribution is 7.81. The fraction of sp³-hybridized carbons (Fsp3) is 0.231. The maximum Gasteiger partial charge on any atom is 0.124 e. The van der Waals surface area contributed by atoms with Gasteiger partial charge in [0.2, 0.25) is 0 Å². The molecule has 0 aliphatic heterocycles. The highest BCUT2D eigenvalue weighted by Crippen LogP contribution is 2.28. The van der Waals surface area contributed by atoms with E-state index in [9.17, 15) is 0 Å². The van der Waals surface area contributed by atoms with Crippen molar-refractivity contribution in [3.8, 4) is 10.6 Å². The van der Waals surface area contributed by atoms with Crippen LogP contribution in [0.5, 0.6) is 0 Å². The number of thiocarbonyl (C=S) groups is 1. The van der Waals surface area contributed by atoms with Gasteiger partial charge in [-0.2, -0.15) is 0 Å². The predicted molar refractivity (Wildman–Crippen MR) is 77.6 cm³/mol. The second-order valence-corrected chi connectivity index (χ2v) is 5.32. The molecular weight excluding hydrogens is 248 g/mol. The zero-order chi connectivity index (χ0) is 12.4. The molecule has 1 aromatic carbocycles. The lowest BCUT2D eigenvalue weighted by molar-refractivity contribution is 1.06. The Morgan fingerprint density at radius 2 is 2.00 bits per heavy atom. The van der Waals surface area contributed by atoms with Gasteiger partial charge in [-0.3, -0.25) is 0 Å². The minimum Gasteiger partial charge on any atom is -0.389 e. The second-order valence-electron chi connectivity index (χ2n) is 3.88. The Hall–Kier alpha value is -1.26. The number of aromatic nitrogens is 1. The van der Waals surface area contributed by atoms with Crippen LogP contribution in [0.2, 0.25) is 0 Å². The number of aryl methyl sites for hydroxylation is 2. The van der Waals surface area contributed by atoms with Crippen molar-refractivity contribution < 1.29 is 0 Å². The lowest BCUT2D eigenvalue weighted by Crippen LogP contribution is -2.09.